The van der Waals surface area contributed by atoms with Crippen LogP contribution in [-0.4, -0.2) is 48.2 Å². The van der Waals surface area contributed by atoms with Gasteiger partial charge in [-0.1, -0.05) is 0 Å². The quantitative estimate of drug-likeness (QED) is 0.0684. The molecule has 2 heterocycles. The molecular formula is C28H22O14S. The van der Waals surface area contributed by atoms with Crippen molar-refractivity contribution < 1.29 is 57.0 Å². The molecule has 0 radical (unpaired) electrons. The SMILES string of the molecule is Cc1c2cc(O)c(=O)cc-2oc2cc(O)c(O)cc12.Cc1c2cc(O)c(=O)cc-2oc2cc(O)c(O)cc12.O=S(=O)(O)O. The number of benzene rings is 4. The molecule has 43 heavy (non-hydrogen) atoms. The molecule has 2 aliphatic carbocycles. The van der Waals surface area contributed by atoms with Crippen molar-refractivity contribution in [3.63, 3.8) is 0 Å². The van der Waals surface area contributed by atoms with Gasteiger partial charge in [0.2, 0.25) is 10.9 Å². The predicted molar refractivity (Wildman–Crippen MR) is 152 cm³/mol. The Morgan fingerprint density at radius 3 is 1.14 bits per heavy atom. The van der Waals surface area contributed by atoms with E-state index in [4.69, 9.17) is 26.4 Å². The van der Waals surface area contributed by atoms with E-state index in [1.165, 1.54) is 48.5 Å². The van der Waals surface area contributed by atoms with Crippen LogP contribution in [0.5, 0.6) is 34.5 Å². The number of aryl methyl sites for hydroxylation is 2. The predicted octanol–water partition coefficient (Wildman–Crippen LogP) is 3.99. The molecule has 14 nitrogen and oxygen atoms in total. The maximum Gasteiger partial charge on any atom is 0.394 e. The molecule has 0 saturated carbocycles. The molecule has 0 fully saturated rings. The van der Waals surface area contributed by atoms with Crippen LogP contribution in [0, 0.1) is 13.8 Å². The third-order valence-corrected chi connectivity index (χ3v) is 6.33. The zero-order valence-electron chi connectivity index (χ0n) is 22.1. The summed E-state index contributed by atoms with van der Waals surface area (Å²) in [4.78, 5) is 22.8. The molecule has 6 rings (SSSR count). The minimum absolute atomic E-state index is 0.255. The van der Waals surface area contributed by atoms with Gasteiger partial charge in [-0.15, -0.1) is 0 Å². The zero-order chi connectivity index (χ0) is 32.0. The van der Waals surface area contributed by atoms with Crippen molar-refractivity contribution in [1.29, 1.82) is 0 Å². The van der Waals surface area contributed by atoms with Crippen molar-refractivity contribution in [2.24, 2.45) is 0 Å². The molecule has 0 aromatic heterocycles. The lowest BCUT2D eigenvalue weighted by Crippen LogP contribution is -2.01. The second-order valence-corrected chi connectivity index (χ2v) is 10.1. The first-order valence-corrected chi connectivity index (χ1v) is 13.3. The summed E-state index contributed by atoms with van der Waals surface area (Å²) in [5.74, 6) is -1.17. The molecule has 0 unspecified atom stereocenters. The number of phenolic OH excluding ortho intramolecular Hbond substituents is 6. The molecule has 15 heteroatoms. The number of hydrogen-bond donors (Lipinski definition) is 8. The smallest absolute Gasteiger partial charge is 0.394 e. The van der Waals surface area contributed by atoms with E-state index in [2.05, 4.69) is 0 Å². The highest BCUT2D eigenvalue weighted by Crippen LogP contribution is 2.39. The Hall–Kier alpha value is -5.51. The first-order valence-electron chi connectivity index (χ1n) is 11.9. The molecule has 0 saturated heterocycles. The van der Waals surface area contributed by atoms with E-state index in [0.29, 0.717) is 44.6 Å². The van der Waals surface area contributed by atoms with Gasteiger partial charge >= 0.3 is 10.4 Å². The lowest BCUT2D eigenvalue weighted by Gasteiger charge is -2.12. The summed E-state index contributed by atoms with van der Waals surface area (Å²) in [6.45, 7) is 3.56. The summed E-state index contributed by atoms with van der Waals surface area (Å²) in [7, 11) is -4.67. The highest BCUT2D eigenvalue weighted by Gasteiger charge is 2.18. The van der Waals surface area contributed by atoms with Crippen LogP contribution in [0.1, 0.15) is 11.1 Å². The molecule has 2 aromatic carbocycles. The lowest BCUT2D eigenvalue weighted by molar-refractivity contribution is 0.380. The van der Waals surface area contributed by atoms with Gasteiger partial charge in [0, 0.05) is 46.2 Å². The van der Waals surface area contributed by atoms with Gasteiger partial charge in [0.1, 0.15) is 22.7 Å². The second-order valence-electron chi connectivity index (χ2n) is 9.21. The number of fused-ring (bicyclic) bond motifs is 4. The highest BCUT2D eigenvalue weighted by molar-refractivity contribution is 7.79. The van der Waals surface area contributed by atoms with E-state index in [1.54, 1.807) is 13.8 Å². The summed E-state index contributed by atoms with van der Waals surface area (Å²) >= 11 is 0. The molecule has 0 atom stereocenters. The fraction of sp³-hybridized carbons (Fsp3) is 0.0714. The fourth-order valence-electron chi connectivity index (χ4n) is 4.25. The summed E-state index contributed by atoms with van der Waals surface area (Å²) < 4.78 is 42.6. The van der Waals surface area contributed by atoms with Gasteiger partial charge in [-0.3, -0.25) is 18.7 Å². The number of phenols is 6. The lowest BCUT2D eigenvalue weighted by atomic mass is 10.0. The average Bonchev–Trinajstić information content (AvgIpc) is 2.89. The van der Waals surface area contributed by atoms with Gasteiger partial charge in [0.25, 0.3) is 0 Å². The minimum atomic E-state index is -4.67. The maximum absolute atomic E-state index is 11.4. The Morgan fingerprint density at radius 1 is 0.512 bits per heavy atom. The molecule has 2 aromatic rings. The number of aromatic hydroxyl groups is 6. The van der Waals surface area contributed by atoms with E-state index >= 15 is 0 Å². The van der Waals surface area contributed by atoms with E-state index in [0.717, 1.165) is 11.1 Å². The Labute approximate surface area is 240 Å². The number of hydrogen-bond acceptors (Lipinski definition) is 12. The van der Waals surface area contributed by atoms with Gasteiger partial charge in [0.05, 0.1) is 0 Å². The van der Waals surface area contributed by atoms with Crippen molar-refractivity contribution in [3.05, 3.63) is 80.1 Å². The topological polar surface area (TPSA) is 256 Å². The minimum Gasteiger partial charge on any atom is -0.504 e. The molecular weight excluding hydrogens is 592 g/mol. The maximum atomic E-state index is 11.4. The van der Waals surface area contributed by atoms with Gasteiger partial charge < -0.3 is 39.5 Å². The van der Waals surface area contributed by atoms with E-state index < -0.39 is 21.3 Å². The number of rotatable bonds is 0. The van der Waals surface area contributed by atoms with Crippen molar-refractivity contribution in [2.45, 2.75) is 13.8 Å². The van der Waals surface area contributed by atoms with Gasteiger partial charge in [-0.25, -0.2) is 0 Å². The van der Waals surface area contributed by atoms with Crippen molar-refractivity contribution in [1.82, 2.24) is 0 Å². The van der Waals surface area contributed by atoms with Gasteiger partial charge in [-0.05, 0) is 49.2 Å². The average molecular weight is 615 g/mol. The molecule has 0 bridgehead atoms. The van der Waals surface area contributed by atoms with Crippen LogP contribution < -0.4 is 10.9 Å². The van der Waals surface area contributed by atoms with Crippen LogP contribution in [0.3, 0.4) is 0 Å². The first-order chi connectivity index (χ1) is 19.9. The standard InChI is InChI=1S/2C14H10O5.H2O4S/c2*1-6-7-2-9(15)11(17)4-13(7)19-14-5-12(18)10(16)3-8(6)14;1-5(2,3)4/h2*2-5,15-17H,1H3;(H2,1,2,3,4). The molecule has 0 spiro atoms. The second kappa shape index (κ2) is 11.1. The monoisotopic (exact) mass is 614 g/mol. The largest absolute Gasteiger partial charge is 0.504 e. The third-order valence-electron chi connectivity index (χ3n) is 6.33. The molecule has 8 N–H and O–H groups in total. The zero-order valence-corrected chi connectivity index (χ0v) is 22.9. The first kappa shape index (κ1) is 30.4. The summed E-state index contributed by atoms with van der Waals surface area (Å²) in [5, 5.41) is 58.1. The van der Waals surface area contributed by atoms with Crippen molar-refractivity contribution >= 4 is 32.3 Å². The Bertz CT molecular complexity index is 2050. The Morgan fingerprint density at radius 2 is 0.814 bits per heavy atom. The van der Waals surface area contributed by atoms with Crippen LogP contribution in [0.2, 0.25) is 0 Å². The molecule has 4 aliphatic rings. The van der Waals surface area contributed by atoms with Crippen LogP contribution in [0.25, 0.3) is 44.6 Å². The van der Waals surface area contributed by atoms with Gasteiger partial charge in [-0.2, -0.15) is 8.42 Å². The van der Waals surface area contributed by atoms with E-state index in [1.807, 2.05) is 0 Å². The van der Waals surface area contributed by atoms with Crippen LogP contribution in [0.4, 0.5) is 0 Å². The van der Waals surface area contributed by atoms with Crippen molar-refractivity contribution in [3.8, 4) is 57.1 Å². The Balaban J connectivity index is 0.000000171. The van der Waals surface area contributed by atoms with Crippen molar-refractivity contribution in [2.75, 3.05) is 0 Å². The van der Waals surface area contributed by atoms with Crippen LogP contribution >= 0.6 is 0 Å². The fourth-order valence-corrected chi connectivity index (χ4v) is 4.25. The summed E-state index contributed by atoms with van der Waals surface area (Å²) in [5.41, 5.74) is 2.28. The van der Waals surface area contributed by atoms with Gasteiger partial charge in [0.15, 0.2) is 34.5 Å². The Kier molecular flexibility index (Phi) is 7.83. The van der Waals surface area contributed by atoms with E-state index in [9.17, 15) is 40.2 Å². The van der Waals surface area contributed by atoms with E-state index in [-0.39, 0.29) is 34.5 Å². The molecule has 224 valence electrons. The summed E-state index contributed by atoms with van der Waals surface area (Å²) in [6.07, 6.45) is 0. The molecule has 0 amide bonds. The molecule has 2 aliphatic heterocycles. The summed E-state index contributed by atoms with van der Waals surface area (Å²) in [6, 6.07) is 10.4. The highest BCUT2D eigenvalue weighted by atomic mass is 32.3. The normalized spacial score (nSPS) is 11.3. The van der Waals surface area contributed by atoms with Crippen LogP contribution in [0.15, 0.2) is 67.0 Å². The van der Waals surface area contributed by atoms with Crippen LogP contribution in [-0.2, 0) is 10.4 Å². The third kappa shape index (κ3) is 6.38.